The van der Waals surface area contributed by atoms with Gasteiger partial charge in [0.05, 0.1) is 36.2 Å². The molecule has 34 heavy (non-hydrogen) atoms. The van der Waals surface area contributed by atoms with E-state index in [2.05, 4.69) is 26.7 Å². The third-order valence-electron chi connectivity index (χ3n) is 5.83. The van der Waals surface area contributed by atoms with Crippen LogP contribution in [-0.4, -0.2) is 41.8 Å². The van der Waals surface area contributed by atoms with Crippen molar-refractivity contribution in [1.29, 1.82) is 0 Å². The summed E-state index contributed by atoms with van der Waals surface area (Å²) < 4.78 is 27.1. The van der Waals surface area contributed by atoms with Gasteiger partial charge in [-0.05, 0) is 36.6 Å². The number of nitrogens with one attached hydrogen (secondary N) is 1. The maximum atomic E-state index is 13.5. The lowest BCUT2D eigenvalue weighted by Crippen LogP contribution is -2.56. The molecule has 0 radical (unpaired) electrons. The molecule has 0 bridgehead atoms. The van der Waals surface area contributed by atoms with E-state index in [0.29, 0.717) is 40.0 Å². The first kappa shape index (κ1) is 24.1. The Morgan fingerprint density at radius 3 is 2.74 bits per heavy atom. The maximum Gasteiger partial charge on any atom is 0.282 e. The number of carbonyl (C=O) groups excluding carboxylic acids is 1. The van der Waals surface area contributed by atoms with Crippen molar-refractivity contribution >= 4 is 29.1 Å². The fourth-order valence-corrected chi connectivity index (χ4v) is 4.06. The molecule has 2 aliphatic rings. The van der Waals surface area contributed by atoms with Crippen LogP contribution in [0.25, 0.3) is 11.3 Å². The Morgan fingerprint density at radius 2 is 2.12 bits per heavy atom. The largest absolute Gasteiger partial charge is 0.396 e. The Kier molecular flexibility index (Phi) is 6.86. The minimum absolute atomic E-state index is 0.149. The number of hydrogen-bond donors (Lipinski definition) is 2. The standard InChI is InChI=1S/C24H26ClF2N5O2/c1-14(29-15(2)34-28)20(10-16-6-7-16)31-23(33)19-8-9-21(32-12-24(26,27)13-32)22(30-19)17-4-3-5-18(25)11-17/h3-5,8-9,11,16,20H,1,6-7,10,12-13,28H2,2H3,(H,31,33). The lowest BCUT2D eigenvalue weighted by Gasteiger charge is -2.41. The number of hydrogen-bond acceptors (Lipinski definition) is 6. The minimum atomic E-state index is -2.75. The van der Waals surface area contributed by atoms with Gasteiger partial charge in [0.1, 0.15) is 5.69 Å². The van der Waals surface area contributed by atoms with Crippen molar-refractivity contribution < 1.29 is 18.4 Å². The van der Waals surface area contributed by atoms with Crippen LogP contribution in [0, 0.1) is 5.92 Å². The highest BCUT2D eigenvalue weighted by molar-refractivity contribution is 6.30. The Hall–Kier alpha value is -3.04. The van der Waals surface area contributed by atoms with Crippen LogP contribution in [0.15, 0.2) is 53.7 Å². The lowest BCUT2D eigenvalue weighted by molar-refractivity contribution is -0.0262. The van der Waals surface area contributed by atoms with Gasteiger partial charge >= 0.3 is 0 Å². The molecule has 180 valence electrons. The summed E-state index contributed by atoms with van der Waals surface area (Å²) in [5.74, 6) is 2.71. The zero-order valence-electron chi connectivity index (χ0n) is 18.7. The van der Waals surface area contributed by atoms with E-state index in [1.165, 1.54) is 11.0 Å². The molecule has 1 atom stereocenters. The number of pyridine rings is 1. The van der Waals surface area contributed by atoms with Crippen LogP contribution in [0.1, 0.15) is 36.7 Å². The third kappa shape index (κ3) is 5.71. The van der Waals surface area contributed by atoms with Gasteiger partial charge in [0.25, 0.3) is 11.8 Å². The molecule has 0 spiro atoms. The van der Waals surface area contributed by atoms with Gasteiger partial charge in [-0.1, -0.05) is 43.2 Å². The first-order chi connectivity index (χ1) is 16.1. The van der Waals surface area contributed by atoms with Crippen LogP contribution in [0.2, 0.25) is 5.02 Å². The molecule has 4 rings (SSSR count). The zero-order valence-corrected chi connectivity index (χ0v) is 19.5. The van der Waals surface area contributed by atoms with Gasteiger partial charge in [0.2, 0.25) is 5.90 Å². The van der Waals surface area contributed by atoms with Crippen LogP contribution in [-0.2, 0) is 4.84 Å². The molecule has 2 heterocycles. The highest BCUT2D eigenvalue weighted by Gasteiger charge is 2.45. The second-order valence-electron chi connectivity index (χ2n) is 8.73. The highest BCUT2D eigenvalue weighted by Crippen LogP contribution is 2.38. The number of carbonyl (C=O) groups is 1. The molecular formula is C24H26ClF2N5O2. The lowest BCUT2D eigenvalue weighted by atomic mass is 10.0. The molecule has 7 nitrogen and oxygen atoms in total. The summed E-state index contributed by atoms with van der Waals surface area (Å²) >= 11 is 6.15. The summed E-state index contributed by atoms with van der Waals surface area (Å²) in [5.41, 5.74) is 2.14. The van der Waals surface area contributed by atoms with E-state index in [4.69, 9.17) is 17.5 Å². The van der Waals surface area contributed by atoms with E-state index in [-0.39, 0.29) is 11.6 Å². The first-order valence-corrected chi connectivity index (χ1v) is 11.3. The molecule has 1 aliphatic heterocycles. The van der Waals surface area contributed by atoms with Crippen molar-refractivity contribution in [3.8, 4) is 11.3 Å². The van der Waals surface area contributed by atoms with Crippen molar-refractivity contribution in [3.05, 3.63) is 59.4 Å². The van der Waals surface area contributed by atoms with Crippen LogP contribution < -0.4 is 16.1 Å². The monoisotopic (exact) mass is 489 g/mol. The number of benzene rings is 1. The average Bonchev–Trinajstić information content (AvgIpc) is 3.60. The summed E-state index contributed by atoms with van der Waals surface area (Å²) in [6.07, 6.45) is 2.86. The van der Waals surface area contributed by atoms with Gasteiger partial charge in [-0.2, -0.15) is 5.90 Å². The molecule has 3 N–H and O–H groups in total. The molecule has 10 heteroatoms. The van der Waals surface area contributed by atoms with Crippen LogP contribution in [0.4, 0.5) is 14.5 Å². The predicted octanol–water partition coefficient (Wildman–Crippen LogP) is 4.58. The molecule has 1 aliphatic carbocycles. The van der Waals surface area contributed by atoms with Crippen molar-refractivity contribution in [1.82, 2.24) is 10.3 Å². The second-order valence-corrected chi connectivity index (χ2v) is 9.17. The predicted molar refractivity (Wildman–Crippen MR) is 128 cm³/mol. The summed E-state index contributed by atoms with van der Waals surface area (Å²) in [7, 11) is 0. The molecule has 2 aromatic rings. The molecular weight excluding hydrogens is 464 g/mol. The van der Waals surface area contributed by atoms with Crippen molar-refractivity contribution in [2.24, 2.45) is 16.8 Å². The van der Waals surface area contributed by atoms with E-state index < -0.39 is 31.0 Å². The van der Waals surface area contributed by atoms with Crippen LogP contribution >= 0.6 is 11.6 Å². The van der Waals surface area contributed by atoms with Gasteiger partial charge in [-0.3, -0.25) is 4.79 Å². The molecule has 1 saturated carbocycles. The molecule has 1 aromatic heterocycles. The number of halogens is 3. The SMILES string of the molecule is C=C(N=C(C)ON)C(CC1CC1)NC(=O)c1ccc(N2CC(F)(F)C2)c(-c2cccc(Cl)c2)n1. The Labute approximate surface area is 201 Å². The second kappa shape index (κ2) is 9.68. The van der Waals surface area contributed by atoms with Crippen molar-refractivity contribution in [2.45, 2.75) is 38.2 Å². The topological polar surface area (TPSA) is 92.8 Å². The molecule has 1 amide bonds. The molecule has 1 unspecified atom stereocenters. The summed E-state index contributed by atoms with van der Waals surface area (Å²) in [4.78, 5) is 28.1. The van der Waals surface area contributed by atoms with Crippen molar-refractivity contribution in [2.75, 3.05) is 18.0 Å². The first-order valence-electron chi connectivity index (χ1n) is 11.0. The molecule has 1 aromatic carbocycles. The Balaban J connectivity index is 1.62. The number of anilines is 1. The van der Waals surface area contributed by atoms with E-state index in [0.717, 1.165) is 12.8 Å². The number of amides is 1. The third-order valence-corrected chi connectivity index (χ3v) is 6.07. The van der Waals surface area contributed by atoms with E-state index in [9.17, 15) is 13.6 Å². The summed E-state index contributed by atoms with van der Waals surface area (Å²) in [6.45, 7) is 4.75. The smallest absolute Gasteiger partial charge is 0.282 e. The van der Waals surface area contributed by atoms with Gasteiger partial charge in [-0.15, -0.1) is 0 Å². The van der Waals surface area contributed by atoms with Gasteiger partial charge in [0.15, 0.2) is 0 Å². The average molecular weight is 490 g/mol. The number of nitrogens with zero attached hydrogens (tertiary/aromatic N) is 3. The molecule has 1 saturated heterocycles. The summed E-state index contributed by atoms with van der Waals surface area (Å²) in [6, 6.07) is 9.67. The van der Waals surface area contributed by atoms with E-state index >= 15 is 0 Å². The Morgan fingerprint density at radius 1 is 1.38 bits per heavy atom. The van der Waals surface area contributed by atoms with Crippen molar-refractivity contribution in [3.63, 3.8) is 0 Å². The number of aliphatic imine (C=N–C) groups is 1. The normalized spacial score (nSPS) is 18.1. The van der Waals surface area contributed by atoms with Gasteiger partial charge in [-0.25, -0.2) is 18.8 Å². The van der Waals surface area contributed by atoms with Gasteiger partial charge in [0, 0.05) is 17.5 Å². The summed E-state index contributed by atoms with van der Waals surface area (Å²) in [5, 5.41) is 3.43. The quantitative estimate of drug-likeness (QED) is 0.322. The zero-order chi connectivity index (χ0) is 24.5. The minimum Gasteiger partial charge on any atom is -0.396 e. The van der Waals surface area contributed by atoms with Crippen LogP contribution in [0.3, 0.4) is 0 Å². The van der Waals surface area contributed by atoms with E-state index in [1.54, 1.807) is 37.3 Å². The highest BCUT2D eigenvalue weighted by atomic mass is 35.5. The molecule has 2 fully saturated rings. The fraction of sp³-hybridized carbons (Fsp3) is 0.375. The Bertz CT molecular complexity index is 1130. The number of aromatic nitrogens is 1. The van der Waals surface area contributed by atoms with Crippen LogP contribution in [0.5, 0.6) is 0 Å². The fourth-order valence-electron chi connectivity index (χ4n) is 3.87. The maximum absolute atomic E-state index is 13.5. The number of nitrogens with two attached hydrogens (primary N) is 1. The van der Waals surface area contributed by atoms with Gasteiger partial charge < -0.3 is 15.1 Å². The number of rotatable bonds is 8. The van der Waals surface area contributed by atoms with E-state index in [1.807, 2.05) is 0 Å². The number of alkyl halides is 2.